The Hall–Kier alpha value is -4.05. The highest BCUT2D eigenvalue weighted by Crippen LogP contribution is 2.38. The van der Waals surface area contributed by atoms with Crippen molar-refractivity contribution in [2.24, 2.45) is 7.05 Å². The van der Waals surface area contributed by atoms with Crippen LogP contribution in [0, 0.1) is 11.6 Å². The summed E-state index contributed by atoms with van der Waals surface area (Å²) >= 11 is 0. The van der Waals surface area contributed by atoms with E-state index in [2.05, 4.69) is 16.3 Å². The molecule has 0 bridgehead atoms. The van der Waals surface area contributed by atoms with Gasteiger partial charge in [0.1, 0.15) is 11.6 Å². The Kier molecular flexibility index (Phi) is 5.69. The van der Waals surface area contributed by atoms with Crippen molar-refractivity contribution in [1.82, 2.24) is 9.55 Å². The molecule has 4 aromatic rings. The molecule has 2 heterocycles. The number of rotatable bonds is 6. The molecule has 0 saturated carbocycles. The Morgan fingerprint density at radius 3 is 2.48 bits per heavy atom. The molecule has 4 rings (SSSR count). The summed E-state index contributed by atoms with van der Waals surface area (Å²) in [5.41, 5.74) is 0.594. The summed E-state index contributed by atoms with van der Waals surface area (Å²) in [6.45, 7) is 3.25. The number of aromatic nitrogens is 2. The Morgan fingerprint density at radius 1 is 1.06 bits per heavy atom. The minimum Gasteiger partial charge on any atom is -0.452 e. The van der Waals surface area contributed by atoms with Crippen molar-refractivity contribution in [2.45, 2.75) is 0 Å². The Balaban J connectivity index is 1.96. The molecule has 0 atom stereocenters. The van der Waals surface area contributed by atoms with Crippen LogP contribution in [0.25, 0.3) is 21.9 Å². The van der Waals surface area contributed by atoms with Gasteiger partial charge < -0.3 is 9.30 Å². The van der Waals surface area contributed by atoms with Gasteiger partial charge in [-0.25, -0.2) is 22.2 Å². The zero-order valence-electron chi connectivity index (χ0n) is 17.2. The van der Waals surface area contributed by atoms with Gasteiger partial charge in [-0.1, -0.05) is 24.8 Å². The molecule has 0 aliphatic rings. The maximum absolute atomic E-state index is 14.3. The number of nitrogens with zero attached hydrogens (tertiary/aromatic N) is 2. The predicted octanol–water partition coefficient (Wildman–Crippen LogP) is 4.56. The summed E-state index contributed by atoms with van der Waals surface area (Å²) in [6, 6.07) is 11.1. The lowest BCUT2D eigenvalue weighted by Gasteiger charge is -2.16. The van der Waals surface area contributed by atoms with Gasteiger partial charge in [-0.05, 0) is 29.7 Å². The summed E-state index contributed by atoms with van der Waals surface area (Å²) in [7, 11) is -2.29. The van der Waals surface area contributed by atoms with E-state index in [0.29, 0.717) is 28.0 Å². The van der Waals surface area contributed by atoms with E-state index in [9.17, 15) is 22.0 Å². The maximum atomic E-state index is 14.3. The van der Waals surface area contributed by atoms with E-state index in [1.54, 1.807) is 37.5 Å². The second-order valence-electron chi connectivity index (χ2n) is 7.06. The second kappa shape index (κ2) is 8.47. The third kappa shape index (κ3) is 4.46. The molecule has 2 aromatic carbocycles. The van der Waals surface area contributed by atoms with E-state index >= 15 is 0 Å². The lowest BCUT2D eigenvalue weighted by Crippen LogP contribution is -2.16. The van der Waals surface area contributed by atoms with Gasteiger partial charge >= 0.3 is 0 Å². The quantitative estimate of drug-likeness (QED) is 0.447. The van der Waals surface area contributed by atoms with E-state index in [-0.39, 0.29) is 22.9 Å². The summed E-state index contributed by atoms with van der Waals surface area (Å²) in [5, 5.41) is 1.71. The fraction of sp³-hybridized carbons (Fsp3) is 0.0435. The summed E-state index contributed by atoms with van der Waals surface area (Å²) in [5.74, 6) is -1.94. The number of hydrogen-bond acceptors (Lipinski definition) is 5. The largest absolute Gasteiger partial charge is 0.452 e. The van der Waals surface area contributed by atoms with Crippen LogP contribution in [-0.4, -0.2) is 18.0 Å². The lowest BCUT2D eigenvalue weighted by molar-refractivity contribution is 0.437. The van der Waals surface area contributed by atoms with Gasteiger partial charge in [0.05, 0.1) is 6.20 Å². The average Bonchev–Trinajstić information content (AvgIpc) is 2.79. The second-order valence-corrected chi connectivity index (χ2v) is 8.69. The molecule has 0 aliphatic heterocycles. The molecule has 0 saturated heterocycles. The zero-order chi connectivity index (χ0) is 23.8. The first-order valence-corrected chi connectivity index (χ1v) is 11.1. The zero-order valence-corrected chi connectivity index (χ0v) is 18.1. The topological polar surface area (TPSA) is 90.3 Å². The van der Waals surface area contributed by atoms with Crippen molar-refractivity contribution in [2.75, 3.05) is 4.72 Å². The average molecular weight is 469 g/mol. The molecule has 33 heavy (non-hydrogen) atoms. The van der Waals surface area contributed by atoms with Gasteiger partial charge in [-0.3, -0.25) is 9.52 Å². The van der Waals surface area contributed by atoms with E-state index in [1.807, 2.05) is 0 Å². The van der Waals surface area contributed by atoms with Crippen LogP contribution in [0.15, 0.2) is 77.7 Å². The molecule has 0 spiro atoms. The predicted molar refractivity (Wildman–Crippen MR) is 122 cm³/mol. The lowest BCUT2D eigenvalue weighted by atomic mass is 10.0. The number of halogens is 2. The number of nitrogens with one attached hydrogen (secondary N) is 1. The van der Waals surface area contributed by atoms with E-state index in [4.69, 9.17) is 4.74 Å². The normalized spacial score (nSPS) is 11.4. The minimum absolute atomic E-state index is 0.0465. The third-order valence-corrected chi connectivity index (χ3v) is 5.76. The van der Waals surface area contributed by atoms with Crippen molar-refractivity contribution < 1.29 is 21.9 Å². The summed E-state index contributed by atoms with van der Waals surface area (Å²) in [6.07, 6.45) is 2.76. The number of ether oxygens (including phenoxy) is 1. The number of fused-ring (bicyclic) bond motifs is 1. The molecule has 0 amide bonds. The molecular formula is C23H17F2N3O4S. The monoisotopic (exact) mass is 469 g/mol. The standard InChI is InChI=1S/C23H17F2N3O4S/c1-3-33(30,31)27-22-11-17(18-13-28(2)23(29)16-7-5-4-6-15(16)18)21(12-26-22)32-20-9-8-14(24)10-19(20)25/h3-13H,1H2,2H3,(H,26,27). The van der Waals surface area contributed by atoms with Crippen LogP contribution in [0.3, 0.4) is 0 Å². The highest BCUT2D eigenvalue weighted by atomic mass is 32.2. The van der Waals surface area contributed by atoms with Crippen molar-refractivity contribution in [1.29, 1.82) is 0 Å². The van der Waals surface area contributed by atoms with Crippen LogP contribution >= 0.6 is 0 Å². The SMILES string of the molecule is C=CS(=O)(=O)Nc1cc(-c2cn(C)c(=O)c3ccccc23)c(Oc2ccc(F)cc2F)cn1. The molecule has 1 N–H and O–H groups in total. The van der Waals surface area contributed by atoms with Gasteiger partial charge in [0.25, 0.3) is 15.6 Å². The summed E-state index contributed by atoms with van der Waals surface area (Å²) < 4.78 is 60.8. The third-order valence-electron chi connectivity index (χ3n) is 4.83. The molecule has 0 unspecified atom stereocenters. The van der Waals surface area contributed by atoms with Crippen LogP contribution in [0.1, 0.15) is 0 Å². The first kappa shape index (κ1) is 22.2. The number of pyridine rings is 2. The van der Waals surface area contributed by atoms with Gasteiger partial charge in [-0.2, -0.15) is 0 Å². The fourth-order valence-electron chi connectivity index (χ4n) is 3.29. The molecule has 10 heteroatoms. The van der Waals surface area contributed by atoms with Gasteiger partial charge in [0.15, 0.2) is 17.3 Å². The fourth-order valence-corrected chi connectivity index (χ4v) is 3.77. The summed E-state index contributed by atoms with van der Waals surface area (Å²) in [4.78, 5) is 16.6. The van der Waals surface area contributed by atoms with Gasteiger partial charge in [0.2, 0.25) is 0 Å². The van der Waals surface area contributed by atoms with Gasteiger partial charge in [-0.15, -0.1) is 0 Å². The smallest absolute Gasteiger partial charge is 0.258 e. The molecule has 0 aliphatic carbocycles. The number of hydrogen-bond donors (Lipinski definition) is 1. The van der Waals surface area contributed by atoms with Crippen LogP contribution in [0.5, 0.6) is 11.5 Å². The number of benzene rings is 2. The van der Waals surface area contributed by atoms with Crippen molar-refractivity contribution in [3.8, 4) is 22.6 Å². The molecule has 2 aromatic heterocycles. The van der Waals surface area contributed by atoms with Crippen LogP contribution < -0.4 is 15.0 Å². The molecule has 0 radical (unpaired) electrons. The highest BCUT2D eigenvalue weighted by molar-refractivity contribution is 7.95. The van der Waals surface area contributed by atoms with Crippen molar-refractivity contribution in [3.63, 3.8) is 0 Å². The van der Waals surface area contributed by atoms with Crippen molar-refractivity contribution in [3.05, 3.63) is 94.9 Å². The van der Waals surface area contributed by atoms with E-state index in [1.165, 1.54) is 16.8 Å². The highest BCUT2D eigenvalue weighted by Gasteiger charge is 2.18. The van der Waals surface area contributed by atoms with Crippen LogP contribution in [0.4, 0.5) is 14.6 Å². The van der Waals surface area contributed by atoms with Crippen LogP contribution in [-0.2, 0) is 17.1 Å². The van der Waals surface area contributed by atoms with Crippen molar-refractivity contribution >= 4 is 26.6 Å². The Morgan fingerprint density at radius 2 is 1.79 bits per heavy atom. The molecule has 7 nitrogen and oxygen atoms in total. The van der Waals surface area contributed by atoms with E-state index in [0.717, 1.165) is 17.5 Å². The first-order chi connectivity index (χ1) is 15.7. The Bertz CT molecular complexity index is 1570. The molecular weight excluding hydrogens is 452 g/mol. The number of aryl methyl sites for hydroxylation is 1. The minimum atomic E-state index is -3.86. The number of sulfonamides is 1. The van der Waals surface area contributed by atoms with Gasteiger partial charge in [0, 0.05) is 41.2 Å². The number of anilines is 1. The van der Waals surface area contributed by atoms with E-state index < -0.39 is 21.7 Å². The molecule has 0 fully saturated rings. The maximum Gasteiger partial charge on any atom is 0.258 e. The van der Waals surface area contributed by atoms with Crippen LogP contribution in [0.2, 0.25) is 0 Å². The Labute approximate surface area is 187 Å². The molecule has 168 valence electrons. The first-order valence-electron chi connectivity index (χ1n) is 9.55.